The van der Waals surface area contributed by atoms with Crippen LogP contribution in [0.4, 0.5) is 11.4 Å². The number of pyridine rings is 1. The number of benzene rings is 1. The smallest absolute Gasteiger partial charge is 0.166 e. The maximum absolute atomic E-state index is 6.42. The summed E-state index contributed by atoms with van der Waals surface area (Å²) in [5.41, 5.74) is 3.96. The average molecular weight is 456 g/mol. The van der Waals surface area contributed by atoms with E-state index in [-0.39, 0.29) is 6.23 Å². The molecule has 0 aliphatic carbocycles. The molecule has 160 valence electrons. The summed E-state index contributed by atoms with van der Waals surface area (Å²) < 4.78 is 13.8. The van der Waals surface area contributed by atoms with Gasteiger partial charge in [-0.05, 0) is 38.3 Å². The van der Waals surface area contributed by atoms with Gasteiger partial charge in [0, 0.05) is 24.3 Å². The molecule has 1 aromatic carbocycles. The van der Waals surface area contributed by atoms with Crippen LogP contribution >= 0.6 is 22.9 Å². The fourth-order valence-electron chi connectivity index (χ4n) is 4.03. The molecule has 31 heavy (non-hydrogen) atoms. The number of rotatable bonds is 5. The second kappa shape index (κ2) is 8.45. The van der Waals surface area contributed by atoms with Gasteiger partial charge in [-0.2, -0.15) is 0 Å². The third kappa shape index (κ3) is 3.75. The molecule has 0 saturated carbocycles. The Morgan fingerprint density at radius 1 is 1.26 bits per heavy atom. The lowest BCUT2D eigenvalue weighted by atomic mass is 10.1. The Bertz CT molecular complexity index is 1220. The van der Waals surface area contributed by atoms with Gasteiger partial charge in [0.05, 0.1) is 24.0 Å². The Kier molecular flexibility index (Phi) is 5.52. The molecule has 9 heteroatoms. The molecule has 4 heterocycles. The van der Waals surface area contributed by atoms with Crippen molar-refractivity contribution in [1.82, 2.24) is 19.5 Å². The van der Waals surface area contributed by atoms with Crippen LogP contribution in [0.5, 0.6) is 5.75 Å². The van der Waals surface area contributed by atoms with Gasteiger partial charge in [0.25, 0.3) is 0 Å². The molecule has 3 aromatic heterocycles. The van der Waals surface area contributed by atoms with Crippen LogP contribution in [-0.4, -0.2) is 33.2 Å². The lowest BCUT2D eigenvalue weighted by molar-refractivity contribution is -0.0309. The summed E-state index contributed by atoms with van der Waals surface area (Å²) in [4.78, 5) is 13.8. The van der Waals surface area contributed by atoms with Gasteiger partial charge in [-0.15, -0.1) is 11.3 Å². The van der Waals surface area contributed by atoms with Crippen molar-refractivity contribution >= 4 is 45.5 Å². The van der Waals surface area contributed by atoms with E-state index in [2.05, 4.69) is 19.9 Å². The number of methoxy groups -OCH3 is 1. The molecule has 7 nitrogen and oxygen atoms in total. The fraction of sp³-hybridized carbons (Fsp3) is 0.318. The zero-order chi connectivity index (χ0) is 21.4. The van der Waals surface area contributed by atoms with E-state index < -0.39 is 0 Å². The van der Waals surface area contributed by atoms with Crippen molar-refractivity contribution < 1.29 is 9.47 Å². The Hall–Kier alpha value is -2.68. The maximum atomic E-state index is 6.42. The van der Waals surface area contributed by atoms with E-state index in [1.54, 1.807) is 30.7 Å². The van der Waals surface area contributed by atoms with Crippen LogP contribution in [0, 0.1) is 6.92 Å². The first-order valence-corrected chi connectivity index (χ1v) is 11.4. The van der Waals surface area contributed by atoms with Crippen LogP contribution in [-0.2, 0) is 4.74 Å². The Morgan fingerprint density at radius 3 is 2.90 bits per heavy atom. The summed E-state index contributed by atoms with van der Waals surface area (Å²) in [5, 5.41) is 6.70. The average Bonchev–Trinajstić information content (AvgIpc) is 3.42. The van der Waals surface area contributed by atoms with E-state index in [1.165, 1.54) is 0 Å². The van der Waals surface area contributed by atoms with Crippen LogP contribution in [0.2, 0.25) is 5.15 Å². The molecule has 0 spiro atoms. The predicted octanol–water partition coefficient (Wildman–Crippen LogP) is 5.97. The molecule has 1 aliphatic heterocycles. The molecule has 5 rings (SSSR count). The van der Waals surface area contributed by atoms with Crippen molar-refractivity contribution in [3.63, 3.8) is 0 Å². The number of halogens is 1. The number of para-hydroxylation sites is 1. The van der Waals surface area contributed by atoms with E-state index in [9.17, 15) is 0 Å². The number of anilines is 2. The highest BCUT2D eigenvalue weighted by molar-refractivity contribution is 7.13. The van der Waals surface area contributed by atoms with E-state index >= 15 is 0 Å². The van der Waals surface area contributed by atoms with Crippen molar-refractivity contribution in [3.05, 3.63) is 46.8 Å². The largest absolute Gasteiger partial charge is 0.494 e. The lowest BCUT2D eigenvalue weighted by Crippen LogP contribution is -2.19. The zero-order valence-corrected chi connectivity index (χ0v) is 18.8. The van der Waals surface area contributed by atoms with Crippen LogP contribution < -0.4 is 10.1 Å². The summed E-state index contributed by atoms with van der Waals surface area (Å²) in [7, 11) is 1.66. The van der Waals surface area contributed by atoms with Crippen molar-refractivity contribution in [2.75, 3.05) is 19.0 Å². The van der Waals surface area contributed by atoms with Crippen molar-refractivity contribution in [3.8, 4) is 16.3 Å². The summed E-state index contributed by atoms with van der Waals surface area (Å²) in [5.74, 6) is 1.56. The quantitative estimate of drug-likeness (QED) is 0.374. The number of hydrogen-bond donors (Lipinski definition) is 1. The van der Waals surface area contributed by atoms with Crippen molar-refractivity contribution in [2.45, 2.75) is 32.4 Å². The summed E-state index contributed by atoms with van der Waals surface area (Å²) >= 11 is 7.99. The monoisotopic (exact) mass is 455 g/mol. The number of nitrogens with one attached hydrogen (secondary N) is 1. The molecule has 1 N–H and O–H groups in total. The Labute approximate surface area is 189 Å². The summed E-state index contributed by atoms with van der Waals surface area (Å²) in [6.07, 6.45) is 4.86. The molecule has 1 atom stereocenters. The highest BCUT2D eigenvalue weighted by atomic mass is 35.5. The SMILES string of the molecule is COc1c(Nc2cc(Cl)nc3c2nc(C)n3C2CCCCO2)cccc1-c1nccs1. The molecule has 0 radical (unpaired) electrons. The molecule has 4 aromatic rings. The number of fused-ring (bicyclic) bond motifs is 1. The molecule has 1 unspecified atom stereocenters. The molecular formula is C22H22ClN5O2S. The van der Waals surface area contributed by atoms with Gasteiger partial charge < -0.3 is 14.8 Å². The van der Waals surface area contributed by atoms with Crippen molar-refractivity contribution in [1.29, 1.82) is 0 Å². The number of thiazole rings is 1. The molecule has 0 amide bonds. The van der Waals surface area contributed by atoms with E-state index in [4.69, 9.17) is 26.1 Å². The number of nitrogens with zero attached hydrogens (tertiary/aromatic N) is 4. The van der Waals surface area contributed by atoms with Crippen LogP contribution in [0.25, 0.3) is 21.7 Å². The van der Waals surface area contributed by atoms with Gasteiger partial charge in [0.1, 0.15) is 27.7 Å². The summed E-state index contributed by atoms with van der Waals surface area (Å²) in [6, 6.07) is 7.72. The highest BCUT2D eigenvalue weighted by Crippen LogP contribution is 2.40. The second-order valence-electron chi connectivity index (χ2n) is 7.36. The highest BCUT2D eigenvalue weighted by Gasteiger charge is 2.23. The Balaban J connectivity index is 1.60. The van der Waals surface area contributed by atoms with Gasteiger partial charge in [-0.25, -0.2) is 15.0 Å². The first kappa shape index (κ1) is 20.2. The van der Waals surface area contributed by atoms with Gasteiger partial charge in [-0.1, -0.05) is 17.7 Å². The molecule has 0 bridgehead atoms. The van der Waals surface area contributed by atoms with Crippen LogP contribution in [0.15, 0.2) is 35.8 Å². The third-order valence-corrected chi connectivity index (χ3v) is 6.39. The zero-order valence-electron chi connectivity index (χ0n) is 17.3. The number of imidazole rings is 1. The van der Waals surface area contributed by atoms with E-state index in [1.807, 2.05) is 30.5 Å². The topological polar surface area (TPSA) is 74.1 Å². The van der Waals surface area contributed by atoms with Gasteiger partial charge in [0.2, 0.25) is 0 Å². The molecule has 1 fully saturated rings. The predicted molar refractivity (Wildman–Crippen MR) is 123 cm³/mol. The minimum absolute atomic E-state index is 0.0691. The number of aryl methyl sites for hydroxylation is 1. The normalized spacial score (nSPS) is 16.5. The number of aromatic nitrogens is 4. The first-order valence-electron chi connectivity index (χ1n) is 10.2. The number of hydrogen-bond acceptors (Lipinski definition) is 7. The van der Waals surface area contributed by atoms with Gasteiger partial charge in [0.15, 0.2) is 11.4 Å². The molecule has 1 aliphatic rings. The molecule has 1 saturated heterocycles. The second-order valence-corrected chi connectivity index (χ2v) is 8.65. The standard InChI is InChI=1S/C22H22ClN5O2S/c1-13-25-19-16(12-17(23)27-21(19)28(13)18-8-3-4-10-30-18)26-15-7-5-6-14(20(15)29-2)22-24-9-11-31-22/h5-7,9,11-12,18H,3-4,8,10H2,1-2H3,(H,26,27). The van der Waals surface area contributed by atoms with Gasteiger partial charge in [-0.3, -0.25) is 4.57 Å². The van der Waals surface area contributed by atoms with Crippen molar-refractivity contribution in [2.24, 2.45) is 0 Å². The molecular weight excluding hydrogens is 434 g/mol. The third-order valence-electron chi connectivity index (χ3n) is 5.39. The van der Waals surface area contributed by atoms with Crippen LogP contribution in [0.1, 0.15) is 31.3 Å². The minimum Gasteiger partial charge on any atom is -0.494 e. The minimum atomic E-state index is -0.0691. The maximum Gasteiger partial charge on any atom is 0.166 e. The van der Waals surface area contributed by atoms with Gasteiger partial charge >= 0.3 is 0 Å². The first-order chi connectivity index (χ1) is 15.2. The van der Waals surface area contributed by atoms with Crippen LogP contribution in [0.3, 0.4) is 0 Å². The van der Waals surface area contributed by atoms with E-state index in [0.29, 0.717) is 10.9 Å². The lowest BCUT2D eigenvalue weighted by Gasteiger charge is -2.25. The fourth-order valence-corrected chi connectivity index (χ4v) is 4.88. The summed E-state index contributed by atoms with van der Waals surface area (Å²) in [6.45, 7) is 2.72. The van der Waals surface area contributed by atoms with E-state index in [0.717, 1.165) is 64.8 Å². The number of ether oxygens (including phenoxy) is 2. The Morgan fingerprint density at radius 2 is 2.16 bits per heavy atom.